The van der Waals surface area contributed by atoms with Gasteiger partial charge in [-0.2, -0.15) is 0 Å². The Bertz CT molecular complexity index is 526. The molecule has 2 aromatic rings. The van der Waals surface area contributed by atoms with Crippen molar-refractivity contribution in [3.05, 3.63) is 58.6 Å². The van der Waals surface area contributed by atoms with Gasteiger partial charge in [0.2, 0.25) is 0 Å². The molecule has 0 unspecified atom stereocenters. The van der Waals surface area contributed by atoms with E-state index >= 15 is 0 Å². The number of hydrogen-bond donors (Lipinski definition) is 0. The zero-order valence-electron chi connectivity index (χ0n) is 8.33. The summed E-state index contributed by atoms with van der Waals surface area (Å²) in [6, 6.07) is 14.5. The molecule has 80 valence electrons. The summed E-state index contributed by atoms with van der Waals surface area (Å²) >= 11 is 2.43. The third-order valence-electron chi connectivity index (χ3n) is 2.28. The average molecular weight is 278 g/mol. The molecule has 0 amide bonds. The molecule has 2 rings (SSSR count). The van der Waals surface area contributed by atoms with E-state index in [-0.39, 0.29) is 10.6 Å². The summed E-state index contributed by atoms with van der Waals surface area (Å²) in [5.41, 5.74) is 1.99. The van der Waals surface area contributed by atoms with Crippen molar-refractivity contribution >= 4 is 26.2 Å². The Morgan fingerprint density at radius 2 is 1.75 bits per heavy atom. The first-order valence-electron chi connectivity index (χ1n) is 4.71. The Kier molecular flexibility index (Phi) is 3.04. The van der Waals surface area contributed by atoms with Gasteiger partial charge in [0.15, 0.2) is 0 Å². The van der Waals surface area contributed by atoms with Crippen LogP contribution in [0.25, 0.3) is 11.1 Å². The zero-order valence-corrected chi connectivity index (χ0v) is 10.2. The Balaban J connectivity index is 2.56. The number of non-ortho nitro benzene ring substituents is 1. The van der Waals surface area contributed by atoms with E-state index in [1.54, 1.807) is 12.1 Å². The quantitative estimate of drug-likeness (QED) is 0.477. The van der Waals surface area contributed by atoms with E-state index in [1.807, 2.05) is 30.3 Å². The molecule has 0 N–H and O–H groups in total. The number of rotatable bonds is 2. The summed E-state index contributed by atoms with van der Waals surface area (Å²) in [4.78, 5) is 10.3. The van der Waals surface area contributed by atoms with Crippen LogP contribution in [0.1, 0.15) is 0 Å². The molecular formula is C12H9NO2Se. The van der Waals surface area contributed by atoms with Crippen LogP contribution in [0.15, 0.2) is 48.5 Å². The summed E-state index contributed by atoms with van der Waals surface area (Å²) < 4.78 is 0.976. The van der Waals surface area contributed by atoms with Crippen molar-refractivity contribution in [2.75, 3.05) is 0 Å². The number of benzene rings is 2. The molecule has 0 fully saturated rings. The second-order valence-corrected chi connectivity index (χ2v) is 4.34. The van der Waals surface area contributed by atoms with Crippen molar-refractivity contribution in [3.63, 3.8) is 0 Å². The molecule has 0 saturated carbocycles. The van der Waals surface area contributed by atoms with Gasteiger partial charge in [-0.15, -0.1) is 0 Å². The van der Waals surface area contributed by atoms with Crippen LogP contribution in [-0.4, -0.2) is 20.9 Å². The average Bonchev–Trinajstić information content (AvgIpc) is 2.30. The van der Waals surface area contributed by atoms with Crippen molar-refractivity contribution in [2.45, 2.75) is 0 Å². The Labute approximate surface area is 101 Å². The molecule has 0 spiro atoms. The third-order valence-corrected chi connectivity index (χ3v) is 3.09. The second-order valence-electron chi connectivity index (χ2n) is 3.32. The number of hydrogen-bond acceptors (Lipinski definition) is 2. The standard InChI is InChI=1S/C12H9NO2Se/c14-13(15)10-6-7-12(16)11(8-10)9-4-2-1-3-5-9/h1-8,16H. The summed E-state index contributed by atoms with van der Waals surface area (Å²) in [5.74, 6) is 0. The molecule has 3 nitrogen and oxygen atoms in total. The van der Waals surface area contributed by atoms with Crippen LogP contribution in [0, 0.1) is 10.1 Å². The molecule has 16 heavy (non-hydrogen) atoms. The third kappa shape index (κ3) is 2.13. The predicted octanol–water partition coefficient (Wildman–Crippen LogP) is 1.79. The van der Waals surface area contributed by atoms with Crippen LogP contribution in [0.5, 0.6) is 0 Å². The maximum atomic E-state index is 10.7. The fraction of sp³-hybridized carbons (Fsp3) is 0. The Hall–Kier alpha value is -1.64. The van der Waals surface area contributed by atoms with Gasteiger partial charge in [-0.25, -0.2) is 0 Å². The zero-order chi connectivity index (χ0) is 11.5. The predicted molar refractivity (Wildman–Crippen MR) is 65.3 cm³/mol. The monoisotopic (exact) mass is 279 g/mol. The SMILES string of the molecule is O=[N+]([O-])c1ccc([SeH])c(-c2ccccc2)c1. The van der Waals surface area contributed by atoms with Crippen molar-refractivity contribution in [3.8, 4) is 11.1 Å². The fourth-order valence-corrected chi connectivity index (χ4v) is 2.05. The van der Waals surface area contributed by atoms with Gasteiger partial charge in [-0.05, 0) is 0 Å². The summed E-state index contributed by atoms with van der Waals surface area (Å²) in [7, 11) is 0. The van der Waals surface area contributed by atoms with Crippen LogP contribution in [0.2, 0.25) is 0 Å². The van der Waals surface area contributed by atoms with E-state index in [4.69, 9.17) is 0 Å². The van der Waals surface area contributed by atoms with E-state index < -0.39 is 0 Å². The van der Waals surface area contributed by atoms with Gasteiger partial charge in [0.05, 0.1) is 0 Å². The Morgan fingerprint density at radius 1 is 1.06 bits per heavy atom. The van der Waals surface area contributed by atoms with Crippen molar-refractivity contribution in [2.24, 2.45) is 0 Å². The molecule has 0 aromatic heterocycles. The number of nitro groups is 1. The number of nitrogens with zero attached hydrogens (tertiary/aromatic N) is 1. The van der Waals surface area contributed by atoms with Crippen molar-refractivity contribution < 1.29 is 4.92 Å². The normalized spacial score (nSPS) is 10.1. The van der Waals surface area contributed by atoms with Crippen LogP contribution in [-0.2, 0) is 0 Å². The van der Waals surface area contributed by atoms with E-state index in [2.05, 4.69) is 16.0 Å². The van der Waals surface area contributed by atoms with E-state index in [9.17, 15) is 10.1 Å². The molecule has 0 aliphatic carbocycles. The molecule has 4 heteroatoms. The van der Waals surface area contributed by atoms with E-state index in [0.717, 1.165) is 15.6 Å². The topological polar surface area (TPSA) is 43.1 Å². The first-order valence-corrected chi connectivity index (χ1v) is 5.65. The maximum absolute atomic E-state index is 10.7. The molecular weight excluding hydrogens is 269 g/mol. The molecule has 0 aliphatic heterocycles. The van der Waals surface area contributed by atoms with Gasteiger partial charge in [-0.1, -0.05) is 0 Å². The van der Waals surface area contributed by atoms with Gasteiger partial charge in [0, 0.05) is 0 Å². The molecule has 0 bridgehead atoms. The summed E-state index contributed by atoms with van der Waals surface area (Å²) in [6.45, 7) is 0. The molecule has 0 saturated heterocycles. The minimum absolute atomic E-state index is 0.119. The van der Waals surface area contributed by atoms with Gasteiger partial charge >= 0.3 is 101 Å². The first-order chi connectivity index (χ1) is 7.68. The molecule has 0 heterocycles. The molecule has 0 radical (unpaired) electrons. The van der Waals surface area contributed by atoms with E-state index in [1.165, 1.54) is 6.07 Å². The van der Waals surface area contributed by atoms with Crippen LogP contribution in [0.3, 0.4) is 0 Å². The van der Waals surface area contributed by atoms with Crippen LogP contribution < -0.4 is 4.46 Å². The van der Waals surface area contributed by atoms with Crippen LogP contribution in [0.4, 0.5) is 5.69 Å². The van der Waals surface area contributed by atoms with Crippen molar-refractivity contribution in [1.82, 2.24) is 0 Å². The van der Waals surface area contributed by atoms with Gasteiger partial charge < -0.3 is 0 Å². The molecule has 2 aromatic carbocycles. The molecule has 0 atom stereocenters. The Morgan fingerprint density at radius 3 is 2.38 bits per heavy atom. The van der Waals surface area contributed by atoms with Crippen molar-refractivity contribution in [1.29, 1.82) is 0 Å². The number of nitro benzene ring substituents is 1. The van der Waals surface area contributed by atoms with Gasteiger partial charge in [0.1, 0.15) is 0 Å². The summed E-state index contributed by atoms with van der Waals surface area (Å²) in [6.07, 6.45) is 0. The fourth-order valence-electron chi connectivity index (χ4n) is 1.49. The summed E-state index contributed by atoms with van der Waals surface area (Å²) in [5, 5.41) is 10.7. The molecule has 0 aliphatic rings. The van der Waals surface area contributed by atoms with Gasteiger partial charge in [0.25, 0.3) is 0 Å². The first kappa shape index (κ1) is 10.9. The van der Waals surface area contributed by atoms with Gasteiger partial charge in [-0.3, -0.25) is 0 Å². The van der Waals surface area contributed by atoms with E-state index in [0.29, 0.717) is 0 Å². The minimum atomic E-state index is -0.376. The second kappa shape index (κ2) is 4.47. The van der Waals surface area contributed by atoms with Crippen LogP contribution >= 0.6 is 0 Å².